The van der Waals surface area contributed by atoms with Crippen LogP contribution in [0.25, 0.3) is 0 Å². The summed E-state index contributed by atoms with van der Waals surface area (Å²) in [4.78, 5) is 22.4. The molecular weight excluding hydrogens is 218 g/mol. The normalized spacial score (nSPS) is 25.0. The van der Waals surface area contributed by atoms with Gasteiger partial charge in [-0.2, -0.15) is 0 Å². The molecule has 0 bridgehead atoms. The largest absolute Gasteiger partial charge is 0.370 e. The highest BCUT2D eigenvalue weighted by molar-refractivity contribution is 5.79. The molecule has 2 amide bonds. The first-order valence-electron chi connectivity index (χ1n) is 6.43. The highest BCUT2D eigenvalue weighted by Gasteiger charge is 2.26. The minimum absolute atomic E-state index is 0.0198. The topological polar surface area (TPSA) is 98.2 Å². The zero-order chi connectivity index (χ0) is 12.7. The summed E-state index contributed by atoms with van der Waals surface area (Å²) in [7, 11) is 0. The molecule has 0 aromatic carbocycles. The van der Waals surface area contributed by atoms with Crippen LogP contribution in [0.4, 0.5) is 0 Å². The van der Waals surface area contributed by atoms with Gasteiger partial charge in [-0.1, -0.05) is 19.3 Å². The lowest BCUT2D eigenvalue weighted by Crippen LogP contribution is -2.41. The molecule has 5 heteroatoms. The zero-order valence-corrected chi connectivity index (χ0v) is 10.3. The molecule has 1 aliphatic rings. The van der Waals surface area contributed by atoms with E-state index in [1.807, 2.05) is 0 Å². The lowest BCUT2D eigenvalue weighted by molar-refractivity contribution is -0.126. The van der Waals surface area contributed by atoms with Crippen LogP contribution in [0.3, 0.4) is 0 Å². The second-order valence-electron chi connectivity index (χ2n) is 4.77. The molecule has 1 fully saturated rings. The van der Waals surface area contributed by atoms with Crippen molar-refractivity contribution in [2.75, 3.05) is 6.54 Å². The first kappa shape index (κ1) is 14.0. The molecule has 0 aromatic rings. The molecule has 0 aromatic heterocycles. The summed E-state index contributed by atoms with van der Waals surface area (Å²) in [6.45, 7) is 0.505. The average molecular weight is 241 g/mol. The molecule has 98 valence electrons. The van der Waals surface area contributed by atoms with Gasteiger partial charge in [0.2, 0.25) is 11.8 Å². The van der Waals surface area contributed by atoms with Gasteiger partial charge in [0.05, 0.1) is 5.92 Å². The Hall–Kier alpha value is -1.10. The summed E-state index contributed by atoms with van der Waals surface area (Å²) < 4.78 is 0. The molecule has 2 unspecified atom stereocenters. The quantitative estimate of drug-likeness (QED) is 0.476. The fourth-order valence-corrected chi connectivity index (χ4v) is 2.27. The van der Waals surface area contributed by atoms with Gasteiger partial charge in [0.15, 0.2) is 0 Å². The van der Waals surface area contributed by atoms with Crippen LogP contribution in [0.15, 0.2) is 0 Å². The van der Waals surface area contributed by atoms with Crippen LogP contribution >= 0.6 is 0 Å². The number of amides is 2. The standard InChI is InChI=1S/C12H23N3O2/c13-10-6-3-1-2-5-9(10)12(17)15-8-4-7-11(14)16/h9-10H,1-8,13H2,(H2,14,16)(H,15,17). The number of hydrogen-bond acceptors (Lipinski definition) is 3. The SMILES string of the molecule is NC(=O)CCCNC(=O)C1CCCCCC1N. The van der Waals surface area contributed by atoms with Crippen LogP contribution in [0.2, 0.25) is 0 Å². The van der Waals surface area contributed by atoms with Gasteiger partial charge < -0.3 is 16.8 Å². The maximum Gasteiger partial charge on any atom is 0.224 e. The molecule has 1 saturated carbocycles. The molecule has 1 aliphatic carbocycles. The van der Waals surface area contributed by atoms with Crippen molar-refractivity contribution in [2.45, 2.75) is 51.0 Å². The minimum Gasteiger partial charge on any atom is -0.370 e. The summed E-state index contributed by atoms with van der Waals surface area (Å²) in [6, 6.07) is -0.0198. The van der Waals surface area contributed by atoms with E-state index >= 15 is 0 Å². The monoisotopic (exact) mass is 241 g/mol. The Bertz CT molecular complexity index is 268. The molecule has 0 aliphatic heterocycles. The summed E-state index contributed by atoms with van der Waals surface area (Å²) in [5.41, 5.74) is 11.0. The molecule has 1 rings (SSSR count). The van der Waals surface area contributed by atoms with Crippen LogP contribution in [-0.4, -0.2) is 24.4 Å². The van der Waals surface area contributed by atoms with E-state index < -0.39 is 0 Å². The van der Waals surface area contributed by atoms with Crippen molar-refractivity contribution in [3.8, 4) is 0 Å². The molecule has 5 nitrogen and oxygen atoms in total. The lowest BCUT2D eigenvalue weighted by Gasteiger charge is -2.20. The number of nitrogens with one attached hydrogen (secondary N) is 1. The van der Waals surface area contributed by atoms with Crippen molar-refractivity contribution in [3.05, 3.63) is 0 Å². The second-order valence-corrected chi connectivity index (χ2v) is 4.77. The van der Waals surface area contributed by atoms with E-state index in [-0.39, 0.29) is 23.8 Å². The number of carbonyl (C=O) groups excluding carboxylic acids is 2. The van der Waals surface area contributed by atoms with Gasteiger partial charge in [0.1, 0.15) is 0 Å². The van der Waals surface area contributed by atoms with E-state index in [0.717, 1.165) is 25.7 Å². The summed E-state index contributed by atoms with van der Waals surface area (Å²) in [6.07, 6.45) is 6.08. The summed E-state index contributed by atoms with van der Waals surface area (Å²) >= 11 is 0. The van der Waals surface area contributed by atoms with Crippen LogP contribution in [-0.2, 0) is 9.59 Å². The van der Waals surface area contributed by atoms with Crippen molar-refractivity contribution in [1.29, 1.82) is 0 Å². The predicted molar refractivity (Wildman–Crippen MR) is 66.0 cm³/mol. The minimum atomic E-state index is -0.328. The Morgan fingerprint density at radius 1 is 1.18 bits per heavy atom. The van der Waals surface area contributed by atoms with E-state index in [4.69, 9.17) is 11.5 Å². The first-order chi connectivity index (χ1) is 8.11. The lowest BCUT2D eigenvalue weighted by atomic mass is 9.94. The second kappa shape index (κ2) is 7.27. The fourth-order valence-electron chi connectivity index (χ4n) is 2.27. The molecule has 5 N–H and O–H groups in total. The van der Waals surface area contributed by atoms with Gasteiger partial charge >= 0.3 is 0 Å². The van der Waals surface area contributed by atoms with E-state index in [1.54, 1.807) is 0 Å². The third-order valence-corrected chi connectivity index (χ3v) is 3.31. The Balaban J connectivity index is 2.27. The van der Waals surface area contributed by atoms with E-state index in [1.165, 1.54) is 6.42 Å². The van der Waals surface area contributed by atoms with Crippen LogP contribution < -0.4 is 16.8 Å². The van der Waals surface area contributed by atoms with Gasteiger partial charge in [0, 0.05) is 19.0 Å². The maximum absolute atomic E-state index is 11.9. The molecule has 0 saturated heterocycles. The Morgan fingerprint density at radius 3 is 2.59 bits per heavy atom. The van der Waals surface area contributed by atoms with E-state index in [9.17, 15) is 9.59 Å². The van der Waals surface area contributed by atoms with Gasteiger partial charge in [0.25, 0.3) is 0 Å². The van der Waals surface area contributed by atoms with Gasteiger partial charge in [-0.05, 0) is 19.3 Å². The van der Waals surface area contributed by atoms with Crippen molar-refractivity contribution in [1.82, 2.24) is 5.32 Å². The van der Waals surface area contributed by atoms with Crippen LogP contribution in [0.1, 0.15) is 44.9 Å². The third-order valence-electron chi connectivity index (χ3n) is 3.31. The van der Waals surface area contributed by atoms with Crippen molar-refractivity contribution >= 4 is 11.8 Å². The van der Waals surface area contributed by atoms with Crippen molar-refractivity contribution in [3.63, 3.8) is 0 Å². The number of nitrogens with two attached hydrogens (primary N) is 2. The number of rotatable bonds is 5. The number of carbonyl (C=O) groups is 2. The van der Waals surface area contributed by atoms with Crippen molar-refractivity contribution < 1.29 is 9.59 Å². The molecule has 2 atom stereocenters. The Labute approximate surface area is 102 Å². The van der Waals surface area contributed by atoms with Gasteiger partial charge in [-0.15, -0.1) is 0 Å². The maximum atomic E-state index is 11.9. The van der Waals surface area contributed by atoms with Gasteiger partial charge in [-0.25, -0.2) is 0 Å². The average Bonchev–Trinajstić information content (AvgIpc) is 2.48. The summed E-state index contributed by atoms with van der Waals surface area (Å²) in [5, 5.41) is 2.84. The third kappa shape index (κ3) is 5.17. The van der Waals surface area contributed by atoms with E-state index in [2.05, 4.69) is 5.32 Å². The predicted octanol–water partition coefficient (Wildman–Crippen LogP) is 0.276. The number of hydrogen-bond donors (Lipinski definition) is 3. The Kier molecular flexibility index (Phi) is 5.97. The molecule has 0 radical (unpaired) electrons. The Morgan fingerprint density at radius 2 is 1.88 bits per heavy atom. The summed E-state index contributed by atoms with van der Waals surface area (Å²) in [5.74, 6) is -0.361. The fraction of sp³-hybridized carbons (Fsp3) is 0.833. The van der Waals surface area contributed by atoms with E-state index in [0.29, 0.717) is 19.4 Å². The van der Waals surface area contributed by atoms with Gasteiger partial charge in [-0.3, -0.25) is 9.59 Å². The highest BCUT2D eigenvalue weighted by atomic mass is 16.2. The zero-order valence-electron chi connectivity index (χ0n) is 10.3. The molecule has 0 spiro atoms. The first-order valence-corrected chi connectivity index (χ1v) is 6.43. The van der Waals surface area contributed by atoms with Crippen molar-refractivity contribution in [2.24, 2.45) is 17.4 Å². The molecule has 17 heavy (non-hydrogen) atoms. The highest BCUT2D eigenvalue weighted by Crippen LogP contribution is 2.22. The molecular formula is C12H23N3O2. The molecule has 0 heterocycles. The van der Waals surface area contributed by atoms with Crippen LogP contribution in [0, 0.1) is 5.92 Å². The van der Waals surface area contributed by atoms with Crippen LogP contribution in [0.5, 0.6) is 0 Å². The number of primary amides is 1. The smallest absolute Gasteiger partial charge is 0.224 e.